The summed E-state index contributed by atoms with van der Waals surface area (Å²) < 4.78 is 18.3. The van der Waals surface area contributed by atoms with E-state index in [1.807, 2.05) is 24.3 Å². The summed E-state index contributed by atoms with van der Waals surface area (Å²) in [5, 5.41) is 0. The summed E-state index contributed by atoms with van der Waals surface area (Å²) in [6, 6.07) is 13.7. The molecule has 2 rings (SSSR count). The summed E-state index contributed by atoms with van der Waals surface area (Å²) in [5.41, 5.74) is 7.13. The lowest BCUT2D eigenvalue weighted by Gasteiger charge is -2.06. The van der Waals surface area contributed by atoms with Crippen LogP contribution in [0.5, 0.6) is 5.75 Å². The second-order valence-electron chi connectivity index (χ2n) is 3.95. The van der Waals surface area contributed by atoms with E-state index in [0.29, 0.717) is 13.2 Å². The van der Waals surface area contributed by atoms with Gasteiger partial charge >= 0.3 is 0 Å². The van der Waals surface area contributed by atoms with Crippen LogP contribution in [0.2, 0.25) is 0 Å². The molecule has 0 saturated heterocycles. The number of halogens is 1. The van der Waals surface area contributed by atoms with Gasteiger partial charge in [0, 0.05) is 5.56 Å². The maximum atomic E-state index is 12.7. The topological polar surface area (TPSA) is 35.2 Å². The van der Waals surface area contributed by atoms with E-state index in [-0.39, 0.29) is 5.82 Å². The van der Waals surface area contributed by atoms with Crippen LogP contribution in [0, 0.1) is 17.7 Å². The first-order valence-corrected chi connectivity index (χ1v) is 5.94. The Balaban J connectivity index is 1.94. The van der Waals surface area contributed by atoms with Gasteiger partial charge in [-0.25, -0.2) is 4.39 Å². The van der Waals surface area contributed by atoms with Crippen molar-refractivity contribution >= 4 is 0 Å². The molecular weight excluding hydrogens is 241 g/mol. The molecule has 0 aliphatic rings. The van der Waals surface area contributed by atoms with E-state index in [0.717, 1.165) is 16.9 Å². The van der Waals surface area contributed by atoms with Crippen molar-refractivity contribution in [2.75, 3.05) is 6.54 Å². The van der Waals surface area contributed by atoms with Crippen LogP contribution < -0.4 is 10.5 Å². The smallest absolute Gasteiger partial charge is 0.123 e. The van der Waals surface area contributed by atoms with Crippen LogP contribution in [-0.4, -0.2) is 6.54 Å². The van der Waals surface area contributed by atoms with Crippen LogP contribution in [0.3, 0.4) is 0 Å². The van der Waals surface area contributed by atoms with Crippen LogP contribution in [-0.2, 0) is 6.61 Å². The predicted molar refractivity (Wildman–Crippen MR) is 73.1 cm³/mol. The van der Waals surface area contributed by atoms with Gasteiger partial charge in [0.2, 0.25) is 0 Å². The lowest BCUT2D eigenvalue weighted by Crippen LogP contribution is -1.95. The lowest BCUT2D eigenvalue weighted by atomic mass is 10.2. The van der Waals surface area contributed by atoms with Crippen LogP contribution in [0.25, 0.3) is 0 Å². The Labute approximate surface area is 112 Å². The summed E-state index contributed by atoms with van der Waals surface area (Å²) in [4.78, 5) is 0. The van der Waals surface area contributed by atoms with Crippen molar-refractivity contribution in [3.63, 3.8) is 0 Å². The van der Waals surface area contributed by atoms with Crippen molar-refractivity contribution in [2.24, 2.45) is 5.73 Å². The third-order valence-corrected chi connectivity index (χ3v) is 2.51. The predicted octanol–water partition coefficient (Wildman–Crippen LogP) is 2.71. The van der Waals surface area contributed by atoms with Gasteiger partial charge in [0.15, 0.2) is 0 Å². The largest absolute Gasteiger partial charge is 0.489 e. The van der Waals surface area contributed by atoms with Crippen molar-refractivity contribution in [1.82, 2.24) is 0 Å². The highest BCUT2D eigenvalue weighted by molar-refractivity contribution is 5.38. The number of hydrogen-bond donors (Lipinski definition) is 1. The molecule has 19 heavy (non-hydrogen) atoms. The SMILES string of the molecule is NCC#Cc1ccc(OCc2ccc(F)cc2)cc1. The molecule has 2 N–H and O–H groups in total. The Morgan fingerprint density at radius 1 is 1.00 bits per heavy atom. The van der Waals surface area contributed by atoms with E-state index in [1.54, 1.807) is 12.1 Å². The molecule has 0 heterocycles. The van der Waals surface area contributed by atoms with Crippen molar-refractivity contribution < 1.29 is 9.13 Å². The maximum absolute atomic E-state index is 12.7. The van der Waals surface area contributed by atoms with Gasteiger partial charge in [-0.2, -0.15) is 0 Å². The number of hydrogen-bond acceptors (Lipinski definition) is 2. The second kappa shape index (κ2) is 6.58. The highest BCUT2D eigenvalue weighted by Gasteiger charge is 1.97. The van der Waals surface area contributed by atoms with E-state index in [2.05, 4.69) is 11.8 Å². The van der Waals surface area contributed by atoms with Crippen molar-refractivity contribution in [3.8, 4) is 17.6 Å². The zero-order valence-corrected chi connectivity index (χ0v) is 10.4. The van der Waals surface area contributed by atoms with Crippen LogP contribution in [0.4, 0.5) is 4.39 Å². The normalized spacial score (nSPS) is 9.58. The summed E-state index contributed by atoms with van der Waals surface area (Å²) in [6.45, 7) is 0.761. The molecule has 0 saturated carbocycles. The van der Waals surface area contributed by atoms with E-state index in [9.17, 15) is 4.39 Å². The second-order valence-corrected chi connectivity index (χ2v) is 3.95. The van der Waals surface area contributed by atoms with Crippen LogP contribution >= 0.6 is 0 Å². The molecule has 96 valence electrons. The Hall–Kier alpha value is -2.31. The third-order valence-electron chi connectivity index (χ3n) is 2.51. The zero-order valence-electron chi connectivity index (χ0n) is 10.4. The lowest BCUT2D eigenvalue weighted by molar-refractivity contribution is 0.306. The Bertz CT molecular complexity index is 579. The number of ether oxygens (including phenoxy) is 1. The highest BCUT2D eigenvalue weighted by Crippen LogP contribution is 2.14. The summed E-state index contributed by atoms with van der Waals surface area (Å²) in [6.07, 6.45) is 0. The van der Waals surface area contributed by atoms with E-state index >= 15 is 0 Å². The Morgan fingerprint density at radius 3 is 2.32 bits per heavy atom. The van der Waals surface area contributed by atoms with E-state index in [1.165, 1.54) is 12.1 Å². The van der Waals surface area contributed by atoms with Gasteiger partial charge in [0.1, 0.15) is 18.2 Å². The van der Waals surface area contributed by atoms with Gasteiger partial charge in [-0.1, -0.05) is 24.0 Å². The quantitative estimate of drug-likeness (QED) is 0.856. The number of rotatable bonds is 3. The van der Waals surface area contributed by atoms with Crippen LogP contribution in [0.15, 0.2) is 48.5 Å². The standard InChI is InChI=1S/C16H14FNO/c17-15-7-3-14(4-8-15)12-19-16-9-5-13(6-10-16)2-1-11-18/h3-10H,11-12,18H2. The molecule has 0 amide bonds. The Morgan fingerprint density at radius 2 is 1.68 bits per heavy atom. The van der Waals surface area contributed by atoms with Gasteiger partial charge in [-0.05, 0) is 42.0 Å². The first-order chi connectivity index (χ1) is 9.28. The molecule has 0 aliphatic heterocycles. The van der Waals surface area contributed by atoms with Crippen molar-refractivity contribution in [3.05, 3.63) is 65.5 Å². The third kappa shape index (κ3) is 4.13. The minimum absolute atomic E-state index is 0.244. The molecule has 0 fully saturated rings. The minimum atomic E-state index is -0.244. The Kier molecular flexibility index (Phi) is 4.54. The average Bonchev–Trinajstić information content (AvgIpc) is 2.46. The van der Waals surface area contributed by atoms with E-state index < -0.39 is 0 Å². The van der Waals surface area contributed by atoms with Gasteiger partial charge in [0.25, 0.3) is 0 Å². The van der Waals surface area contributed by atoms with Crippen molar-refractivity contribution in [2.45, 2.75) is 6.61 Å². The minimum Gasteiger partial charge on any atom is -0.489 e. The summed E-state index contributed by atoms with van der Waals surface area (Å²) in [5.74, 6) is 6.24. The first-order valence-electron chi connectivity index (χ1n) is 5.94. The average molecular weight is 255 g/mol. The zero-order chi connectivity index (χ0) is 13.5. The molecule has 3 heteroatoms. The monoisotopic (exact) mass is 255 g/mol. The maximum Gasteiger partial charge on any atom is 0.123 e. The first kappa shape index (κ1) is 13.1. The fraction of sp³-hybridized carbons (Fsp3) is 0.125. The molecule has 2 aromatic carbocycles. The highest BCUT2D eigenvalue weighted by atomic mass is 19.1. The molecule has 2 aromatic rings. The molecule has 0 bridgehead atoms. The molecular formula is C16H14FNO. The molecule has 0 spiro atoms. The van der Waals surface area contributed by atoms with Crippen molar-refractivity contribution in [1.29, 1.82) is 0 Å². The fourth-order valence-electron chi connectivity index (χ4n) is 1.53. The molecule has 2 nitrogen and oxygen atoms in total. The molecule has 0 atom stereocenters. The molecule has 0 unspecified atom stereocenters. The number of benzene rings is 2. The summed E-state index contributed by atoms with van der Waals surface area (Å²) in [7, 11) is 0. The van der Waals surface area contributed by atoms with Crippen LogP contribution in [0.1, 0.15) is 11.1 Å². The van der Waals surface area contributed by atoms with Gasteiger partial charge in [-0.15, -0.1) is 0 Å². The van der Waals surface area contributed by atoms with Gasteiger partial charge < -0.3 is 10.5 Å². The fourth-order valence-corrected chi connectivity index (χ4v) is 1.53. The van der Waals surface area contributed by atoms with Gasteiger partial charge in [-0.3, -0.25) is 0 Å². The van der Waals surface area contributed by atoms with E-state index in [4.69, 9.17) is 10.5 Å². The summed E-state index contributed by atoms with van der Waals surface area (Å²) >= 11 is 0. The molecule has 0 aromatic heterocycles. The van der Waals surface area contributed by atoms with Gasteiger partial charge in [0.05, 0.1) is 6.54 Å². The molecule has 0 radical (unpaired) electrons. The number of nitrogens with two attached hydrogens (primary N) is 1. The molecule has 0 aliphatic carbocycles.